The Morgan fingerprint density at radius 2 is 2.32 bits per heavy atom. The molecule has 0 radical (unpaired) electrons. The molecule has 5 nitrogen and oxygen atoms in total. The van der Waals surface area contributed by atoms with Gasteiger partial charge in [0.25, 0.3) is 0 Å². The molecule has 0 bridgehead atoms. The summed E-state index contributed by atoms with van der Waals surface area (Å²) in [5.74, 6) is -0.118. The van der Waals surface area contributed by atoms with Gasteiger partial charge in [0.1, 0.15) is 5.75 Å². The molecule has 0 aliphatic rings. The van der Waals surface area contributed by atoms with Gasteiger partial charge in [-0.05, 0) is 19.1 Å². The van der Waals surface area contributed by atoms with Gasteiger partial charge in [0.05, 0.1) is 23.3 Å². The van der Waals surface area contributed by atoms with Crippen LogP contribution in [0.25, 0.3) is 0 Å². The van der Waals surface area contributed by atoms with Crippen LogP contribution in [0.5, 0.6) is 5.75 Å². The number of carbonyl (C=O) groups excluding carboxylic acids is 1. The molecule has 0 spiro atoms. The molecule has 1 aromatic carbocycles. The lowest BCUT2D eigenvalue weighted by molar-refractivity contribution is -0.120. The summed E-state index contributed by atoms with van der Waals surface area (Å²) in [7, 11) is 0. The highest BCUT2D eigenvalue weighted by molar-refractivity contribution is 7.09. The number of hydrazone groups is 1. The van der Waals surface area contributed by atoms with Crippen LogP contribution in [0, 0.1) is 6.92 Å². The normalized spacial score (nSPS) is 10.8. The number of aromatic hydroxyl groups is 1. The number of amides is 1. The smallest absolute Gasteiger partial charge is 0.246 e. The van der Waals surface area contributed by atoms with Gasteiger partial charge in [0.15, 0.2) is 0 Å². The lowest BCUT2D eigenvalue weighted by atomic mass is 10.2. The largest absolute Gasteiger partial charge is 0.507 e. The zero-order valence-corrected chi connectivity index (χ0v) is 11.1. The second kappa shape index (κ2) is 6.10. The van der Waals surface area contributed by atoms with Crippen LogP contribution in [0.15, 0.2) is 34.7 Å². The fraction of sp³-hybridized carbons (Fsp3) is 0.154. The number of nitrogens with zero attached hydrogens (tertiary/aromatic N) is 2. The van der Waals surface area contributed by atoms with Crippen LogP contribution in [0.2, 0.25) is 0 Å². The molecule has 0 aliphatic heterocycles. The summed E-state index contributed by atoms with van der Waals surface area (Å²) in [5.41, 5.74) is 3.68. The highest BCUT2D eigenvalue weighted by Gasteiger charge is 2.05. The number of phenols is 1. The van der Waals surface area contributed by atoms with Crippen molar-refractivity contribution in [2.24, 2.45) is 5.10 Å². The number of hydrogen-bond acceptors (Lipinski definition) is 5. The third-order valence-electron chi connectivity index (χ3n) is 2.34. The first-order valence-electron chi connectivity index (χ1n) is 5.66. The molecule has 19 heavy (non-hydrogen) atoms. The van der Waals surface area contributed by atoms with Crippen molar-refractivity contribution in [3.05, 3.63) is 45.9 Å². The van der Waals surface area contributed by atoms with Gasteiger partial charge in [-0.2, -0.15) is 5.10 Å². The number of nitrogens with one attached hydrogen (secondary N) is 1. The minimum absolute atomic E-state index is 0.121. The Hall–Kier alpha value is -2.21. The molecule has 0 atom stereocenters. The minimum atomic E-state index is -0.239. The van der Waals surface area contributed by atoms with Crippen molar-refractivity contribution in [1.82, 2.24) is 10.4 Å². The third kappa shape index (κ3) is 3.89. The Balaban J connectivity index is 1.88. The summed E-state index contributed by atoms with van der Waals surface area (Å²) >= 11 is 1.51. The molecule has 1 aromatic heterocycles. The lowest BCUT2D eigenvalue weighted by Gasteiger charge is -1.98. The van der Waals surface area contributed by atoms with Crippen LogP contribution in [0.3, 0.4) is 0 Å². The van der Waals surface area contributed by atoms with Crippen molar-refractivity contribution < 1.29 is 9.90 Å². The Morgan fingerprint density at radius 1 is 1.53 bits per heavy atom. The number of hydrogen-bond donors (Lipinski definition) is 2. The number of para-hydroxylation sites is 1. The molecular formula is C13H13N3O2S. The molecule has 2 rings (SSSR count). The first kappa shape index (κ1) is 13.2. The van der Waals surface area contributed by atoms with Gasteiger partial charge >= 0.3 is 0 Å². The van der Waals surface area contributed by atoms with Crippen LogP contribution < -0.4 is 5.43 Å². The number of carbonyl (C=O) groups is 1. The molecule has 0 fully saturated rings. The fourth-order valence-corrected chi connectivity index (χ4v) is 2.08. The van der Waals surface area contributed by atoms with Gasteiger partial charge < -0.3 is 5.11 Å². The predicted molar refractivity (Wildman–Crippen MR) is 74.4 cm³/mol. The molecule has 98 valence electrons. The van der Waals surface area contributed by atoms with E-state index in [1.54, 1.807) is 24.3 Å². The monoisotopic (exact) mass is 275 g/mol. The summed E-state index contributed by atoms with van der Waals surface area (Å²) in [6, 6.07) is 6.76. The molecule has 0 unspecified atom stereocenters. The topological polar surface area (TPSA) is 74.6 Å². The van der Waals surface area contributed by atoms with E-state index in [1.807, 2.05) is 12.3 Å². The third-order valence-corrected chi connectivity index (χ3v) is 3.16. The van der Waals surface area contributed by atoms with Gasteiger partial charge in [-0.3, -0.25) is 4.79 Å². The molecule has 1 heterocycles. The van der Waals surface area contributed by atoms with Gasteiger partial charge in [0, 0.05) is 10.9 Å². The zero-order chi connectivity index (χ0) is 13.7. The average Bonchev–Trinajstić information content (AvgIpc) is 2.77. The molecule has 2 N–H and O–H groups in total. The van der Waals surface area contributed by atoms with Gasteiger partial charge in [-0.1, -0.05) is 12.1 Å². The summed E-state index contributed by atoms with van der Waals surface area (Å²) in [4.78, 5) is 15.8. The second-order valence-corrected chi connectivity index (χ2v) is 4.95. The number of aryl methyl sites for hydroxylation is 1. The molecular weight excluding hydrogens is 262 g/mol. The standard InChI is InChI=1S/C13H13N3O2S/c1-9-15-11(8-19-9)6-13(18)16-14-7-10-4-2-3-5-12(10)17/h2-5,7-8,17H,6H2,1H3,(H,16,18)/b14-7+. The van der Waals surface area contributed by atoms with Crippen LogP contribution >= 0.6 is 11.3 Å². The minimum Gasteiger partial charge on any atom is -0.507 e. The number of aromatic nitrogens is 1. The van der Waals surface area contributed by atoms with Crippen molar-refractivity contribution in [3.63, 3.8) is 0 Å². The van der Waals surface area contributed by atoms with Crippen LogP contribution in [-0.4, -0.2) is 22.2 Å². The van der Waals surface area contributed by atoms with E-state index >= 15 is 0 Å². The maximum Gasteiger partial charge on any atom is 0.246 e. The van der Waals surface area contributed by atoms with Gasteiger partial charge in [-0.15, -0.1) is 11.3 Å². The Morgan fingerprint density at radius 3 is 3.00 bits per heavy atom. The van der Waals surface area contributed by atoms with E-state index in [1.165, 1.54) is 17.6 Å². The highest BCUT2D eigenvalue weighted by atomic mass is 32.1. The SMILES string of the molecule is Cc1nc(CC(=O)N/N=C/c2ccccc2O)cs1. The van der Waals surface area contributed by atoms with Crippen molar-refractivity contribution in [1.29, 1.82) is 0 Å². The van der Waals surface area contributed by atoms with E-state index in [4.69, 9.17) is 0 Å². The number of rotatable bonds is 4. The van der Waals surface area contributed by atoms with Crippen LogP contribution in [0.4, 0.5) is 0 Å². The molecule has 2 aromatic rings. The van der Waals surface area contributed by atoms with E-state index < -0.39 is 0 Å². The van der Waals surface area contributed by atoms with Crippen molar-refractivity contribution in [2.45, 2.75) is 13.3 Å². The lowest BCUT2D eigenvalue weighted by Crippen LogP contribution is -2.19. The molecule has 1 amide bonds. The zero-order valence-electron chi connectivity index (χ0n) is 10.3. The average molecular weight is 275 g/mol. The van der Waals surface area contributed by atoms with Gasteiger partial charge in [0.2, 0.25) is 5.91 Å². The number of benzene rings is 1. The first-order valence-corrected chi connectivity index (χ1v) is 6.54. The van der Waals surface area contributed by atoms with Crippen molar-refractivity contribution in [3.8, 4) is 5.75 Å². The second-order valence-electron chi connectivity index (χ2n) is 3.89. The van der Waals surface area contributed by atoms with Crippen molar-refractivity contribution in [2.75, 3.05) is 0 Å². The Kier molecular flexibility index (Phi) is 4.25. The molecule has 0 aliphatic carbocycles. The fourth-order valence-electron chi connectivity index (χ4n) is 1.46. The Bertz CT molecular complexity index is 607. The van der Waals surface area contributed by atoms with Crippen LogP contribution in [-0.2, 0) is 11.2 Å². The first-order chi connectivity index (χ1) is 9.15. The number of thiazole rings is 1. The van der Waals surface area contributed by atoms with E-state index in [0.717, 1.165) is 10.7 Å². The quantitative estimate of drug-likeness (QED) is 0.660. The predicted octanol–water partition coefficient (Wildman–Crippen LogP) is 1.85. The molecule has 0 saturated carbocycles. The van der Waals surface area contributed by atoms with Crippen molar-refractivity contribution >= 4 is 23.5 Å². The summed E-state index contributed by atoms with van der Waals surface area (Å²) in [5, 5.41) is 16.1. The molecule has 6 heteroatoms. The van der Waals surface area contributed by atoms with E-state index in [-0.39, 0.29) is 18.1 Å². The summed E-state index contributed by atoms with van der Waals surface area (Å²) < 4.78 is 0. The highest BCUT2D eigenvalue weighted by Crippen LogP contribution is 2.12. The summed E-state index contributed by atoms with van der Waals surface area (Å²) in [6.45, 7) is 1.89. The molecule has 0 saturated heterocycles. The van der Waals surface area contributed by atoms with E-state index in [0.29, 0.717) is 5.56 Å². The maximum atomic E-state index is 11.6. The van der Waals surface area contributed by atoms with E-state index in [9.17, 15) is 9.90 Å². The summed E-state index contributed by atoms with van der Waals surface area (Å²) in [6.07, 6.45) is 1.60. The van der Waals surface area contributed by atoms with Crippen LogP contribution in [0.1, 0.15) is 16.3 Å². The maximum absolute atomic E-state index is 11.6. The number of phenolic OH excluding ortho intramolecular Hbond substituents is 1. The Labute approximate surface area is 114 Å². The van der Waals surface area contributed by atoms with E-state index in [2.05, 4.69) is 15.5 Å². The van der Waals surface area contributed by atoms with Gasteiger partial charge in [-0.25, -0.2) is 10.4 Å².